The molecule has 5 nitrogen and oxygen atoms in total. The number of aromatic amines is 1. The van der Waals surface area contributed by atoms with Gasteiger partial charge in [0.05, 0.1) is 12.5 Å². The van der Waals surface area contributed by atoms with Crippen LogP contribution in [0.1, 0.15) is 30.5 Å². The molecule has 0 saturated heterocycles. The van der Waals surface area contributed by atoms with Gasteiger partial charge in [0, 0.05) is 51.4 Å². The number of hydrogen-bond acceptors (Lipinski definition) is 3. The molecule has 1 atom stereocenters. The van der Waals surface area contributed by atoms with Crippen LogP contribution in [0.5, 0.6) is 0 Å². The molecular formula is C23H33N3O2. The van der Waals surface area contributed by atoms with E-state index in [1.54, 1.807) is 12.0 Å². The molecule has 1 aromatic heterocycles. The molecule has 1 aromatic carbocycles. The second-order valence-electron chi connectivity index (χ2n) is 7.79. The minimum Gasteiger partial charge on any atom is -0.384 e. The first-order valence-corrected chi connectivity index (χ1v) is 10.2. The van der Waals surface area contributed by atoms with E-state index in [9.17, 15) is 4.79 Å². The quantitative estimate of drug-likeness (QED) is 0.798. The third kappa shape index (κ3) is 4.01. The lowest BCUT2D eigenvalue weighted by molar-refractivity contribution is -0.132. The number of nitrogens with zero attached hydrogens (tertiary/aromatic N) is 2. The summed E-state index contributed by atoms with van der Waals surface area (Å²) in [6.45, 7) is 7.68. The number of likely N-dealkylation sites (N-methyl/N-ethyl adjacent to an activating group) is 1. The summed E-state index contributed by atoms with van der Waals surface area (Å²) in [5.74, 6) is 0.0827. The minimum absolute atomic E-state index is 0.0917. The van der Waals surface area contributed by atoms with Crippen LogP contribution in [0.3, 0.4) is 0 Å². The predicted octanol–water partition coefficient (Wildman–Crippen LogP) is 3.34. The minimum atomic E-state index is -0.0917. The fourth-order valence-corrected chi connectivity index (χ4v) is 4.17. The molecule has 5 heteroatoms. The van der Waals surface area contributed by atoms with Crippen molar-refractivity contribution in [3.05, 3.63) is 41.1 Å². The fourth-order valence-electron chi connectivity index (χ4n) is 4.17. The number of carbonyl (C=O) groups excluding carboxylic acids is 1. The monoisotopic (exact) mass is 383 g/mol. The number of aromatic nitrogens is 1. The third-order valence-corrected chi connectivity index (χ3v) is 5.76. The SMILES string of the molecule is CCc1c[nH]c2c(CCOC)ccc(C3=C[C@@H](C(=O)N(C)C)CN(CC)C3)c12. The van der Waals surface area contributed by atoms with Crippen molar-refractivity contribution >= 4 is 22.4 Å². The fraction of sp³-hybridized carbons (Fsp3) is 0.522. The molecule has 1 N–H and O–H groups in total. The Balaban J connectivity index is 2.10. The van der Waals surface area contributed by atoms with Crippen LogP contribution in [0.4, 0.5) is 0 Å². The highest BCUT2D eigenvalue weighted by atomic mass is 16.5. The van der Waals surface area contributed by atoms with E-state index in [-0.39, 0.29) is 11.8 Å². The number of benzene rings is 1. The summed E-state index contributed by atoms with van der Waals surface area (Å²) in [7, 11) is 5.42. The van der Waals surface area contributed by atoms with Crippen LogP contribution in [0, 0.1) is 5.92 Å². The van der Waals surface area contributed by atoms with Crippen LogP contribution in [0.25, 0.3) is 16.5 Å². The highest BCUT2D eigenvalue weighted by Gasteiger charge is 2.27. The maximum absolute atomic E-state index is 12.7. The van der Waals surface area contributed by atoms with Crippen LogP contribution in [0.2, 0.25) is 0 Å². The van der Waals surface area contributed by atoms with Gasteiger partial charge in [-0.2, -0.15) is 0 Å². The smallest absolute Gasteiger partial charge is 0.230 e. The number of aryl methyl sites for hydroxylation is 1. The molecular weight excluding hydrogens is 350 g/mol. The van der Waals surface area contributed by atoms with E-state index in [0.717, 1.165) is 32.5 Å². The zero-order chi connectivity index (χ0) is 20.3. The molecule has 0 spiro atoms. The van der Waals surface area contributed by atoms with E-state index in [0.29, 0.717) is 6.61 Å². The number of fused-ring (bicyclic) bond motifs is 1. The molecule has 2 aromatic rings. The Morgan fingerprint density at radius 2 is 2.07 bits per heavy atom. The Kier molecular flexibility index (Phi) is 6.57. The van der Waals surface area contributed by atoms with Crippen LogP contribution in [0.15, 0.2) is 24.4 Å². The van der Waals surface area contributed by atoms with Crippen molar-refractivity contribution in [1.29, 1.82) is 0 Å². The van der Waals surface area contributed by atoms with E-state index in [2.05, 4.69) is 48.1 Å². The van der Waals surface area contributed by atoms with Gasteiger partial charge in [-0.15, -0.1) is 0 Å². The lowest BCUT2D eigenvalue weighted by atomic mass is 9.89. The van der Waals surface area contributed by atoms with Gasteiger partial charge in [-0.1, -0.05) is 32.1 Å². The first-order valence-electron chi connectivity index (χ1n) is 10.2. The van der Waals surface area contributed by atoms with Crippen molar-refractivity contribution in [2.24, 2.45) is 5.92 Å². The molecule has 0 radical (unpaired) electrons. The summed E-state index contributed by atoms with van der Waals surface area (Å²) in [4.78, 5) is 20.3. The molecule has 3 rings (SSSR count). The Labute approximate surface area is 168 Å². The molecule has 0 unspecified atom stereocenters. The van der Waals surface area contributed by atoms with Crippen LogP contribution >= 0.6 is 0 Å². The van der Waals surface area contributed by atoms with Gasteiger partial charge in [-0.05, 0) is 41.6 Å². The molecule has 0 fully saturated rings. The van der Waals surface area contributed by atoms with Crippen molar-refractivity contribution in [1.82, 2.24) is 14.8 Å². The highest BCUT2D eigenvalue weighted by molar-refractivity contribution is 5.98. The molecule has 1 amide bonds. The molecule has 0 bridgehead atoms. The van der Waals surface area contributed by atoms with Gasteiger partial charge in [0.15, 0.2) is 0 Å². The lowest BCUT2D eigenvalue weighted by Crippen LogP contribution is -2.41. The third-order valence-electron chi connectivity index (χ3n) is 5.76. The maximum Gasteiger partial charge on any atom is 0.230 e. The van der Waals surface area contributed by atoms with E-state index in [4.69, 9.17) is 4.74 Å². The summed E-state index contributed by atoms with van der Waals surface area (Å²) >= 11 is 0. The average Bonchev–Trinajstić information content (AvgIpc) is 3.15. The van der Waals surface area contributed by atoms with Gasteiger partial charge in [0.1, 0.15) is 0 Å². The molecule has 0 saturated carbocycles. The van der Waals surface area contributed by atoms with Gasteiger partial charge in [-0.3, -0.25) is 9.69 Å². The standard InChI is InChI=1S/C23H33N3O2/c1-6-16-13-24-22-17(10-11-28-5)8-9-20(21(16)22)18-12-19(23(27)25(3)4)15-26(7-2)14-18/h8-9,12-13,19,24H,6-7,10-11,14-15H2,1-5H3/t19-/m1/s1. The van der Waals surface area contributed by atoms with Gasteiger partial charge < -0.3 is 14.6 Å². The van der Waals surface area contributed by atoms with E-state index in [1.165, 1.54) is 33.2 Å². The number of carbonyl (C=O) groups is 1. The summed E-state index contributed by atoms with van der Waals surface area (Å²) in [5.41, 5.74) is 6.32. The van der Waals surface area contributed by atoms with Crippen molar-refractivity contribution in [2.75, 3.05) is 47.4 Å². The lowest BCUT2D eigenvalue weighted by Gasteiger charge is -2.32. The molecule has 152 valence electrons. The molecule has 1 aliphatic heterocycles. The van der Waals surface area contributed by atoms with E-state index in [1.807, 2.05) is 14.1 Å². The van der Waals surface area contributed by atoms with Crippen molar-refractivity contribution in [3.8, 4) is 0 Å². The topological polar surface area (TPSA) is 48.6 Å². The maximum atomic E-state index is 12.7. The summed E-state index contributed by atoms with van der Waals surface area (Å²) < 4.78 is 5.29. The average molecular weight is 384 g/mol. The number of H-pyrrole nitrogens is 1. The first kappa shape index (κ1) is 20.6. The van der Waals surface area contributed by atoms with Crippen molar-refractivity contribution in [2.45, 2.75) is 26.7 Å². The summed E-state index contributed by atoms with van der Waals surface area (Å²) in [5, 5.41) is 1.30. The number of methoxy groups -OCH3 is 1. The number of nitrogens with one attached hydrogen (secondary N) is 1. The number of hydrogen-bond donors (Lipinski definition) is 1. The predicted molar refractivity (Wildman–Crippen MR) is 116 cm³/mol. The van der Waals surface area contributed by atoms with Crippen molar-refractivity contribution in [3.63, 3.8) is 0 Å². The van der Waals surface area contributed by atoms with E-state index >= 15 is 0 Å². The van der Waals surface area contributed by atoms with Crippen LogP contribution in [-0.2, 0) is 22.4 Å². The van der Waals surface area contributed by atoms with Gasteiger partial charge in [0.2, 0.25) is 5.91 Å². The second-order valence-corrected chi connectivity index (χ2v) is 7.79. The molecule has 28 heavy (non-hydrogen) atoms. The van der Waals surface area contributed by atoms with Crippen LogP contribution in [-0.4, -0.2) is 68.1 Å². The Hall–Kier alpha value is -2.11. The van der Waals surface area contributed by atoms with Crippen molar-refractivity contribution < 1.29 is 9.53 Å². The molecule has 2 heterocycles. The molecule has 1 aliphatic rings. The van der Waals surface area contributed by atoms with E-state index < -0.39 is 0 Å². The number of ether oxygens (including phenoxy) is 1. The molecule has 0 aliphatic carbocycles. The largest absolute Gasteiger partial charge is 0.384 e. The first-order chi connectivity index (χ1) is 13.5. The Morgan fingerprint density at radius 3 is 2.71 bits per heavy atom. The Morgan fingerprint density at radius 1 is 1.29 bits per heavy atom. The zero-order valence-electron chi connectivity index (χ0n) is 17.8. The van der Waals surface area contributed by atoms with Crippen LogP contribution < -0.4 is 0 Å². The van der Waals surface area contributed by atoms with Gasteiger partial charge in [-0.25, -0.2) is 0 Å². The second kappa shape index (κ2) is 8.93. The Bertz CT molecular complexity index is 866. The van der Waals surface area contributed by atoms with Gasteiger partial charge >= 0.3 is 0 Å². The number of rotatable bonds is 7. The zero-order valence-corrected chi connectivity index (χ0v) is 17.8. The summed E-state index contributed by atoms with van der Waals surface area (Å²) in [6.07, 6.45) is 6.20. The summed E-state index contributed by atoms with van der Waals surface area (Å²) in [6, 6.07) is 4.45. The normalized spacial score (nSPS) is 17.8. The number of amides is 1. The highest BCUT2D eigenvalue weighted by Crippen LogP contribution is 2.34. The van der Waals surface area contributed by atoms with Gasteiger partial charge in [0.25, 0.3) is 0 Å².